The number of hydrogen-bond acceptors (Lipinski definition) is 3. The number of anilines is 1. The number of aryl methyl sites for hydroxylation is 3. The number of nitrogens with zero attached hydrogens (tertiary/aromatic N) is 2. The molecule has 4 nitrogen and oxygen atoms in total. The molecule has 1 amide bonds. The normalized spacial score (nSPS) is 12.1. The quantitative estimate of drug-likeness (QED) is 0.256. The molecule has 1 N–H and O–H groups in total. The Bertz CT molecular complexity index is 1140. The highest BCUT2D eigenvalue weighted by molar-refractivity contribution is 6.30. The Hall–Kier alpha value is -2.72. The molecule has 1 atom stereocenters. The number of aromatic nitrogens is 2. The number of carbonyl (C=O) groups is 1. The zero-order chi connectivity index (χ0) is 28.6. The van der Waals surface area contributed by atoms with Gasteiger partial charge in [0.15, 0.2) is 5.82 Å². The third-order valence-corrected chi connectivity index (χ3v) is 7.04. The van der Waals surface area contributed by atoms with E-state index >= 15 is 0 Å². The summed E-state index contributed by atoms with van der Waals surface area (Å²) >= 11 is 5.98. The number of rotatable bonds is 10. The van der Waals surface area contributed by atoms with Gasteiger partial charge in [-0.25, -0.2) is 9.97 Å². The number of hydrogen-bond donors (Lipinski definition) is 1. The van der Waals surface area contributed by atoms with Crippen LogP contribution in [0.15, 0.2) is 48.5 Å². The molecule has 0 bridgehead atoms. The number of carbonyl (C=O) groups excluding carboxylic acids is 1. The standard InChI is InChI=1S/C29H34ClN3O.C3H8.C2H6/c1-3-20(2)9-5-4-6-12-26-29(33-27(34)19-21-13-16-23(30)17-14-21)32-25-18-15-22-10-7-8-11-24(22)28(25)31-26;1-3-2;1-2/h7-8,10-11,13-14,16-17,20H,3-6,9,12,15,18-19H2,1-2H3,(H,32,33,34);3H2,1-2H3;1-2H3. The average Bonchev–Trinajstić information content (AvgIpc) is 2.95. The highest BCUT2D eigenvalue weighted by Gasteiger charge is 2.22. The molecule has 1 heterocycles. The minimum absolute atomic E-state index is 0.0780. The van der Waals surface area contributed by atoms with E-state index in [2.05, 4.69) is 57.3 Å². The Kier molecular flexibility index (Phi) is 14.8. The minimum atomic E-state index is -0.0780. The molecule has 1 aliphatic carbocycles. The van der Waals surface area contributed by atoms with Crippen LogP contribution in [0.5, 0.6) is 0 Å². The van der Waals surface area contributed by atoms with Gasteiger partial charge < -0.3 is 5.32 Å². The second-order valence-electron chi connectivity index (χ2n) is 10.1. The summed E-state index contributed by atoms with van der Waals surface area (Å²) in [4.78, 5) is 22.9. The van der Waals surface area contributed by atoms with Gasteiger partial charge in [-0.1, -0.05) is 122 Å². The van der Waals surface area contributed by atoms with Gasteiger partial charge in [0.25, 0.3) is 0 Å². The molecule has 0 saturated carbocycles. The molecule has 212 valence electrons. The Morgan fingerprint density at radius 2 is 1.64 bits per heavy atom. The second-order valence-corrected chi connectivity index (χ2v) is 10.6. The average molecular weight is 550 g/mol. The van der Waals surface area contributed by atoms with E-state index in [1.54, 1.807) is 0 Å². The van der Waals surface area contributed by atoms with Gasteiger partial charge in [0, 0.05) is 10.6 Å². The number of benzene rings is 2. The number of unbranched alkanes of at least 4 members (excludes halogenated alkanes) is 2. The molecule has 1 aliphatic rings. The van der Waals surface area contributed by atoms with E-state index in [0.29, 0.717) is 10.8 Å². The van der Waals surface area contributed by atoms with E-state index in [1.807, 2.05) is 38.1 Å². The maximum absolute atomic E-state index is 12.9. The van der Waals surface area contributed by atoms with E-state index < -0.39 is 0 Å². The largest absolute Gasteiger partial charge is 0.309 e. The molecular formula is C34H48ClN3O. The molecule has 3 aromatic rings. The number of amides is 1. The smallest absolute Gasteiger partial charge is 0.229 e. The highest BCUT2D eigenvalue weighted by Crippen LogP contribution is 2.33. The molecule has 0 aliphatic heterocycles. The van der Waals surface area contributed by atoms with Crippen LogP contribution in [0, 0.1) is 5.92 Å². The molecule has 0 spiro atoms. The fourth-order valence-corrected chi connectivity index (χ4v) is 4.65. The SMILES string of the molecule is CC.CCC.CCC(C)CCCCCc1nc2c(nc1NC(=O)Cc1ccc(Cl)cc1)CCc1ccccc1-2. The van der Waals surface area contributed by atoms with Crippen LogP contribution < -0.4 is 5.32 Å². The fraction of sp³-hybridized carbons (Fsp3) is 0.500. The van der Waals surface area contributed by atoms with Crippen molar-refractivity contribution in [1.82, 2.24) is 9.97 Å². The van der Waals surface area contributed by atoms with Crippen molar-refractivity contribution in [3.63, 3.8) is 0 Å². The van der Waals surface area contributed by atoms with Gasteiger partial charge in [-0.3, -0.25) is 4.79 Å². The molecule has 4 rings (SSSR count). The maximum Gasteiger partial charge on any atom is 0.229 e. The highest BCUT2D eigenvalue weighted by atomic mass is 35.5. The topological polar surface area (TPSA) is 54.9 Å². The van der Waals surface area contributed by atoms with Crippen LogP contribution in [-0.4, -0.2) is 15.9 Å². The van der Waals surface area contributed by atoms with Crippen LogP contribution in [0.2, 0.25) is 5.02 Å². The molecule has 39 heavy (non-hydrogen) atoms. The Labute approximate surface area is 242 Å². The van der Waals surface area contributed by atoms with Crippen molar-refractivity contribution in [2.24, 2.45) is 5.92 Å². The lowest BCUT2D eigenvalue weighted by atomic mass is 9.91. The van der Waals surface area contributed by atoms with Crippen molar-refractivity contribution < 1.29 is 4.79 Å². The molecule has 1 unspecified atom stereocenters. The first-order valence-electron chi connectivity index (χ1n) is 15.0. The Morgan fingerprint density at radius 3 is 2.33 bits per heavy atom. The lowest BCUT2D eigenvalue weighted by Gasteiger charge is -2.21. The third-order valence-electron chi connectivity index (χ3n) is 6.79. The second kappa shape index (κ2) is 17.8. The monoisotopic (exact) mass is 549 g/mol. The first-order chi connectivity index (χ1) is 18.9. The molecule has 0 radical (unpaired) electrons. The molecule has 0 fully saturated rings. The van der Waals surface area contributed by atoms with Crippen LogP contribution in [0.1, 0.15) is 103 Å². The van der Waals surface area contributed by atoms with Crippen molar-refractivity contribution in [3.05, 3.63) is 76.1 Å². The summed E-state index contributed by atoms with van der Waals surface area (Å²) in [6.07, 6.45) is 10.1. The first kappa shape index (κ1) is 32.5. The third kappa shape index (κ3) is 10.4. The van der Waals surface area contributed by atoms with Crippen LogP contribution >= 0.6 is 11.6 Å². The van der Waals surface area contributed by atoms with Crippen LogP contribution in [-0.2, 0) is 30.5 Å². The minimum Gasteiger partial charge on any atom is -0.309 e. The van der Waals surface area contributed by atoms with Gasteiger partial charge in [-0.05, 0) is 54.9 Å². The lowest BCUT2D eigenvalue weighted by Crippen LogP contribution is -2.20. The molecule has 2 aromatic carbocycles. The van der Waals surface area contributed by atoms with Crippen LogP contribution in [0.3, 0.4) is 0 Å². The summed E-state index contributed by atoms with van der Waals surface area (Å²) in [5, 5.41) is 3.74. The molecule has 0 saturated heterocycles. The summed E-state index contributed by atoms with van der Waals surface area (Å²) in [5.41, 5.74) is 6.27. The summed E-state index contributed by atoms with van der Waals surface area (Å²) in [7, 11) is 0. The van der Waals surface area contributed by atoms with Crippen molar-refractivity contribution in [3.8, 4) is 11.3 Å². The van der Waals surface area contributed by atoms with E-state index in [1.165, 1.54) is 36.8 Å². The Morgan fingerprint density at radius 1 is 0.949 bits per heavy atom. The number of fused-ring (bicyclic) bond motifs is 3. The Balaban J connectivity index is 0.000000998. The molecular weight excluding hydrogens is 502 g/mol. The van der Waals surface area contributed by atoms with E-state index in [-0.39, 0.29) is 12.3 Å². The zero-order valence-corrected chi connectivity index (χ0v) is 25.7. The van der Waals surface area contributed by atoms with Gasteiger partial charge in [0.1, 0.15) is 0 Å². The van der Waals surface area contributed by atoms with Crippen molar-refractivity contribution >= 4 is 23.3 Å². The van der Waals surface area contributed by atoms with Crippen molar-refractivity contribution in [2.45, 2.75) is 106 Å². The molecule has 1 aromatic heterocycles. The fourth-order valence-electron chi connectivity index (χ4n) is 4.52. The first-order valence-corrected chi connectivity index (χ1v) is 15.3. The van der Waals surface area contributed by atoms with Gasteiger partial charge in [0.05, 0.1) is 23.5 Å². The zero-order valence-electron chi connectivity index (χ0n) is 24.9. The molecule has 5 heteroatoms. The van der Waals surface area contributed by atoms with Gasteiger partial charge in [-0.15, -0.1) is 0 Å². The number of halogens is 1. The summed E-state index contributed by atoms with van der Waals surface area (Å²) < 4.78 is 0. The van der Waals surface area contributed by atoms with E-state index in [4.69, 9.17) is 21.6 Å². The number of nitrogens with one attached hydrogen (secondary N) is 1. The predicted octanol–water partition coefficient (Wildman–Crippen LogP) is 9.67. The van der Waals surface area contributed by atoms with Gasteiger partial charge in [-0.2, -0.15) is 0 Å². The maximum atomic E-state index is 12.9. The van der Waals surface area contributed by atoms with Crippen LogP contribution in [0.4, 0.5) is 5.82 Å². The van der Waals surface area contributed by atoms with E-state index in [0.717, 1.165) is 60.7 Å². The van der Waals surface area contributed by atoms with Crippen molar-refractivity contribution in [2.75, 3.05) is 5.32 Å². The van der Waals surface area contributed by atoms with Crippen LogP contribution in [0.25, 0.3) is 11.3 Å². The summed E-state index contributed by atoms with van der Waals surface area (Å²) in [6.45, 7) is 12.8. The summed E-state index contributed by atoms with van der Waals surface area (Å²) in [5.74, 6) is 1.33. The summed E-state index contributed by atoms with van der Waals surface area (Å²) in [6, 6.07) is 15.8. The van der Waals surface area contributed by atoms with Crippen molar-refractivity contribution in [1.29, 1.82) is 0 Å². The van der Waals surface area contributed by atoms with E-state index in [9.17, 15) is 4.79 Å². The predicted molar refractivity (Wildman–Crippen MR) is 168 cm³/mol. The van der Waals surface area contributed by atoms with Gasteiger partial charge >= 0.3 is 0 Å². The van der Waals surface area contributed by atoms with Gasteiger partial charge in [0.2, 0.25) is 5.91 Å². The lowest BCUT2D eigenvalue weighted by molar-refractivity contribution is -0.115.